The summed E-state index contributed by atoms with van der Waals surface area (Å²) in [4.78, 5) is 21.2. The number of fused-ring (bicyclic) bond motifs is 1. The lowest BCUT2D eigenvalue weighted by Gasteiger charge is -2.28. The highest BCUT2D eigenvalue weighted by Crippen LogP contribution is 2.38. The van der Waals surface area contributed by atoms with Gasteiger partial charge in [0.25, 0.3) is 0 Å². The standard InChI is InChI=1S/C28H27F3N4O/c1-17-33-24-15-21(10-12-25(24)35(17)2)19-8-6-18(7-9-19)20-4-3-5-22(14-20)27(36)34-26-13-11-23(16-32-26)28(29,30)31/h6-13,15-16,20,22H,3-5,14H2,1-2H3,(H,32,34,36). The Balaban J connectivity index is 1.25. The summed E-state index contributed by atoms with van der Waals surface area (Å²) in [5.41, 5.74) is 4.65. The van der Waals surface area contributed by atoms with Crippen LogP contribution in [-0.4, -0.2) is 20.4 Å². The average molecular weight is 493 g/mol. The number of hydrogen-bond acceptors (Lipinski definition) is 3. The van der Waals surface area contributed by atoms with Gasteiger partial charge in [0.1, 0.15) is 11.6 Å². The molecule has 5 nitrogen and oxygen atoms in total. The number of nitrogens with one attached hydrogen (secondary N) is 1. The first-order valence-electron chi connectivity index (χ1n) is 12.1. The lowest BCUT2D eigenvalue weighted by atomic mass is 9.77. The predicted octanol–water partition coefficient (Wildman–Crippen LogP) is 6.88. The maximum atomic E-state index is 12.8. The number of pyridine rings is 1. The Labute approximate surface area is 207 Å². The van der Waals surface area contributed by atoms with E-state index in [0.29, 0.717) is 6.42 Å². The van der Waals surface area contributed by atoms with E-state index in [1.807, 2.05) is 14.0 Å². The molecule has 1 saturated carbocycles. The van der Waals surface area contributed by atoms with Crippen molar-refractivity contribution in [1.82, 2.24) is 14.5 Å². The Morgan fingerprint density at radius 2 is 1.78 bits per heavy atom. The summed E-state index contributed by atoms with van der Waals surface area (Å²) in [5.74, 6) is 0.969. The van der Waals surface area contributed by atoms with Crippen LogP contribution < -0.4 is 5.32 Å². The van der Waals surface area contributed by atoms with Crippen LogP contribution in [0.5, 0.6) is 0 Å². The van der Waals surface area contributed by atoms with E-state index in [1.165, 1.54) is 11.6 Å². The number of rotatable bonds is 4. The number of imidazole rings is 1. The van der Waals surface area contributed by atoms with E-state index >= 15 is 0 Å². The fourth-order valence-electron chi connectivity index (χ4n) is 5.04. The van der Waals surface area contributed by atoms with Crippen LogP contribution in [0.15, 0.2) is 60.8 Å². The van der Waals surface area contributed by atoms with Crippen LogP contribution in [0.1, 0.15) is 48.6 Å². The molecule has 186 valence electrons. The van der Waals surface area contributed by atoms with Crippen LogP contribution in [0.2, 0.25) is 0 Å². The number of amides is 1. The molecule has 2 aromatic heterocycles. The molecule has 2 heterocycles. The van der Waals surface area contributed by atoms with E-state index in [0.717, 1.165) is 59.5 Å². The quantitative estimate of drug-likeness (QED) is 0.338. The Hall–Kier alpha value is -3.68. The first kappa shape index (κ1) is 24.0. The summed E-state index contributed by atoms with van der Waals surface area (Å²) in [6.07, 6.45) is -0.337. The van der Waals surface area contributed by atoms with Crippen LogP contribution in [-0.2, 0) is 18.0 Å². The van der Waals surface area contributed by atoms with E-state index in [2.05, 4.69) is 62.3 Å². The van der Waals surface area contributed by atoms with Crippen molar-refractivity contribution in [3.8, 4) is 11.1 Å². The van der Waals surface area contributed by atoms with Crippen molar-refractivity contribution in [2.45, 2.75) is 44.7 Å². The zero-order chi connectivity index (χ0) is 25.4. The van der Waals surface area contributed by atoms with Gasteiger partial charge in [-0.25, -0.2) is 9.97 Å². The molecule has 1 aliphatic rings. The molecule has 0 aliphatic heterocycles. The maximum absolute atomic E-state index is 12.8. The summed E-state index contributed by atoms with van der Waals surface area (Å²) in [7, 11) is 2.01. The van der Waals surface area contributed by atoms with Gasteiger partial charge in [-0.05, 0) is 73.1 Å². The third kappa shape index (κ3) is 4.85. The van der Waals surface area contributed by atoms with Crippen molar-refractivity contribution in [3.05, 3.63) is 77.7 Å². The molecule has 2 aromatic carbocycles. The molecule has 4 aromatic rings. The van der Waals surface area contributed by atoms with Crippen LogP contribution >= 0.6 is 0 Å². The fraction of sp³-hybridized carbons (Fsp3) is 0.321. The molecule has 36 heavy (non-hydrogen) atoms. The molecule has 0 saturated heterocycles. The molecule has 0 spiro atoms. The van der Waals surface area contributed by atoms with Crippen LogP contribution in [0.3, 0.4) is 0 Å². The number of halogens is 3. The highest BCUT2D eigenvalue weighted by molar-refractivity contribution is 5.91. The number of alkyl halides is 3. The van der Waals surface area contributed by atoms with E-state index in [9.17, 15) is 18.0 Å². The number of anilines is 1. The minimum atomic E-state index is -4.45. The van der Waals surface area contributed by atoms with Gasteiger partial charge in [-0.2, -0.15) is 13.2 Å². The summed E-state index contributed by atoms with van der Waals surface area (Å²) in [5, 5.41) is 2.69. The van der Waals surface area contributed by atoms with Gasteiger partial charge in [0, 0.05) is 19.2 Å². The smallest absolute Gasteiger partial charge is 0.331 e. The number of carbonyl (C=O) groups excluding carboxylic acids is 1. The SMILES string of the molecule is Cc1nc2cc(-c3ccc(C4CCCC(C(=O)Nc5ccc(C(F)(F)F)cn5)C4)cc3)ccc2n1C. The van der Waals surface area contributed by atoms with Crippen molar-refractivity contribution in [2.24, 2.45) is 13.0 Å². The highest BCUT2D eigenvalue weighted by atomic mass is 19.4. The first-order chi connectivity index (χ1) is 17.2. The van der Waals surface area contributed by atoms with Crippen molar-refractivity contribution in [2.75, 3.05) is 5.32 Å². The summed E-state index contributed by atoms with van der Waals surface area (Å²) in [6.45, 7) is 1.99. The average Bonchev–Trinajstić information content (AvgIpc) is 3.16. The number of aromatic nitrogens is 3. The third-order valence-electron chi connectivity index (χ3n) is 7.21. The van der Waals surface area contributed by atoms with Crippen molar-refractivity contribution >= 4 is 22.8 Å². The molecule has 1 aliphatic carbocycles. The molecule has 8 heteroatoms. The summed E-state index contributed by atoms with van der Waals surface area (Å²) >= 11 is 0. The largest absolute Gasteiger partial charge is 0.417 e. The van der Waals surface area contributed by atoms with Crippen molar-refractivity contribution in [1.29, 1.82) is 0 Å². The van der Waals surface area contributed by atoms with Gasteiger partial charge in [0.2, 0.25) is 5.91 Å². The molecule has 1 N–H and O–H groups in total. The normalized spacial score (nSPS) is 18.4. The van der Waals surface area contributed by atoms with Gasteiger partial charge in [-0.1, -0.05) is 36.8 Å². The van der Waals surface area contributed by atoms with Crippen molar-refractivity contribution in [3.63, 3.8) is 0 Å². The molecule has 5 rings (SSSR count). The molecule has 2 atom stereocenters. The lowest BCUT2D eigenvalue weighted by Crippen LogP contribution is -2.27. The van der Waals surface area contributed by atoms with E-state index in [-0.39, 0.29) is 23.6 Å². The molecule has 0 bridgehead atoms. The second-order valence-corrected chi connectivity index (χ2v) is 9.52. The third-order valence-corrected chi connectivity index (χ3v) is 7.21. The number of hydrogen-bond donors (Lipinski definition) is 1. The Morgan fingerprint density at radius 3 is 2.47 bits per heavy atom. The number of nitrogens with zero attached hydrogens (tertiary/aromatic N) is 3. The Kier molecular flexibility index (Phi) is 6.28. The van der Waals surface area contributed by atoms with Gasteiger partial charge in [0.15, 0.2) is 0 Å². The van der Waals surface area contributed by atoms with E-state index in [4.69, 9.17) is 0 Å². The molecule has 1 fully saturated rings. The number of benzene rings is 2. The van der Waals surface area contributed by atoms with Gasteiger partial charge < -0.3 is 9.88 Å². The van der Waals surface area contributed by atoms with Crippen LogP contribution in [0.25, 0.3) is 22.2 Å². The second-order valence-electron chi connectivity index (χ2n) is 9.52. The van der Waals surface area contributed by atoms with Gasteiger partial charge >= 0.3 is 6.18 Å². The lowest BCUT2D eigenvalue weighted by molar-refractivity contribution is -0.137. The van der Waals surface area contributed by atoms with Crippen LogP contribution in [0.4, 0.5) is 19.0 Å². The van der Waals surface area contributed by atoms with Crippen molar-refractivity contribution < 1.29 is 18.0 Å². The summed E-state index contributed by atoms with van der Waals surface area (Å²) in [6, 6.07) is 16.9. The fourth-order valence-corrected chi connectivity index (χ4v) is 5.04. The highest BCUT2D eigenvalue weighted by Gasteiger charge is 2.31. The topological polar surface area (TPSA) is 59.8 Å². The molecule has 1 amide bonds. The maximum Gasteiger partial charge on any atom is 0.417 e. The van der Waals surface area contributed by atoms with Gasteiger partial charge in [-0.15, -0.1) is 0 Å². The molecular weight excluding hydrogens is 465 g/mol. The minimum absolute atomic E-state index is 0.138. The van der Waals surface area contributed by atoms with E-state index in [1.54, 1.807) is 0 Å². The van der Waals surface area contributed by atoms with Gasteiger partial charge in [-0.3, -0.25) is 4.79 Å². The van der Waals surface area contributed by atoms with Crippen LogP contribution in [0, 0.1) is 12.8 Å². The monoisotopic (exact) mass is 492 g/mol. The minimum Gasteiger partial charge on any atom is -0.331 e. The predicted molar refractivity (Wildman–Crippen MR) is 133 cm³/mol. The summed E-state index contributed by atoms with van der Waals surface area (Å²) < 4.78 is 40.3. The van der Waals surface area contributed by atoms with Gasteiger partial charge in [0.05, 0.1) is 16.6 Å². The number of aryl methyl sites for hydroxylation is 2. The number of carbonyl (C=O) groups is 1. The zero-order valence-electron chi connectivity index (χ0n) is 20.1. The zero-order valence-corrected chi connectivity index (χ0v) is 20.1. The Morgan fingerprint density at radius 1 is 1.03 bits per heavy atom. The molecular formula is C28H27F3N4O. The van der Waals surface area contributed by atoms with E-state index < -0.39 is 11.7 Å². The molecule has 2 unspecified atom stereocenters. The second kappa shape index (κ2) is 9.41. The Bertz CT molecular complexity index is 1390. The molecule has 0 radical (unpaired) electrons. The first-order valence-corrected chi connectivity index (χ1v) is 12.1.